The van der Waals surface area contributed by atoms with E-state index < -0.39 is 0 Å². The Morgan fingerprint density at radius 2 is 2.07 bits per heavy atom. The zero-order chi connectivity index (χ0) is 10.2. The van der Waals surface area contributed by atoms with Crippen molar-refractivity contribution in [2.75, 3.05) is 5.75 Å². The van der Waals surface area contributed by atoms with Crippen molar-refractivity contribution in [2.24, 2.45) is 0 Å². The van der Waals surface area contributed by atoms with Gasteiger partial charge in [0.05, 0.1) is 6.10 Å². The first-order chi connectivity index (χ1) is 6.83. The van der Waals surface area contributed by atoms with Crippen LogP contribution in [-0.2, 0) is 5.75 Å². The molecule has 0 bridgehead atoms. The average Bonchev–Trinajstić information content (AvgIpc) is 2.20. The van der Waals surface area contributed by atoms with Crippen LogP contribution in [0.4, 0.5) is 0 Å². The molecule has 0 aromatic heterocycles. The minimum atomic E-state index is -0.249. The van der Waals surface area contributed by atoms with Crippen molar-refractivity contribution in [3.63, 3.8) is 0 Å². The number of thioether (sulfide) groups is 1. The van der Waals surface area contributed by atoms with Crippen LogP contribution < -0.4 is 0 Å². The molecule has 1 N–H and O–H groups in total. The molecular weight excluding hydrogens is 192 g/mol. The first kappa shape index (κ1) is 11.3. The van der Waals surface area contributed by atoms with Gasteiger partial charge in [-0.25, -0.2) is 0 Å². The maximum absolute atomic E-state index is 9.44. The lowest BCUT2D eigenvalue weighted by Crippen LogP contribution is -2.08. The van der Waals surface area contributed by atoms with Crippen LogP contribution in [0.2, 0.25) is 0 Å². The molecule has 1 atom stereocenters. The Balaban J connectivity index is 2.18. The molecule has 0 unspecified atom stereocenters. The van der Waals surface area contributed by atoms with Crippen LogP contribution in [0.15, 0.2) is 43.0 Å². The van der Waals surface area contributed by atoms with E-state index in [9.17, 15) is 5.11 Å². The van der Waals surface area contributed by atoms with Crippen LogP contribution in [0, 0.1) is 0 Å². The summed E-state index contributed by atoms with van der Waals surface area (Å²) in [4.78, 5) is 0. The van der Waals surface area contributed by atoms with E-state index in [4.69, 9.17) is 0 Å². The monoisotopic (exact) mass is 208 g/mol. The van der Waals surface area contributed by atoms with Crippen LogP contribution in [0.3, 0.4) is 0 Å². The molecule has 0 radical (unpaired) electrons. The third-order valence-electron chi connectivity index (χ3n) is 1.86. The van der Waals surface area contributed by atoms with Crippen LogP contribution in [0.25, 0.3) is 0 Å². The van der Waals surface area contributed by atoms with Gasteiger partial charge in [0.25, 0.3) is 0 Å². The highest BCUT2D eigenvalue weighted by atomic mass is 32.2. The van der Waals surface area contributed by atoms with Gasteiger partial charge in [0, 0.05) is 11.5 Å². The van der Waals surface area contributed by atoms with Crippen LogP contribution in [0.5, 0.6) is 0 Å². The Hall–Kier alpha value is -0.730. The van der Waals surface area contributed by atoms with E-state index in [1.807, 2.05) is 18.2 Å². The van der Waals surface area contributed by atoms with Crippen molar-refractivity contribution in [1.82, 2.24) is 0 Å². The van der Waals surface area contributed by atoms with Crippen molar-refractivity contribution in [2.45, 2.75) is 18.3 Å². The van der Waals surface area contributed by atoms with E-state index in [1.165, 1.54) is 5.56 Å². The smallest absolute Gasteiger partial charge is 0.0664 e. The molecule has 0 aliphatic carbocycles. The van der Waals surface area contributed by atoms with Crippen LogP contribution >= 0.6 is 11.8 Å². The number of rotatable bonds is 6. The van der Waals surface area contributed by atoms with Gasteiger partial charge in [-0.3, -0.25) is 0 Å². The van der Waals surface area contributed by atoms with E-state index in [-0.39, 0.29) is 6.10 Å². The standard InChI is InChI=1S/C12H16OS/c1-2-6-12(13)10-14-9-11-7-4-3-5-8-11/h2-5,7-8,12-13H,1,6,9-10H2/t12-/m1/s1. The van der Waals surface area contributed by atoms with Gasteiger partial charge in [0.15, 0.2) is 0 Å². The van der Waals surface area contributed by atoms with E-state index in [0.29, 0.717) is 6.42 Å². The van der Waals surface area contributed by atoms with Crippen molar-refractivity contribution >= 4 is 11.8 Å². The fourth-order valence-corrected chi connectivity index (χ4v) is 2.10. The molecule has 0 spiro atoms. The molecule has 0 saturated heterocycles. The molecule has 1 nitrogen and oxygen atoms in total. The Labute approximate surface area is 89.8 Å². The van der Waals surface area contributed by atoms with Gasteiger partial charge < -0.3 is 5.11 Å². The Morgan fingerprint density at radius 3 is 2.71 bits per heavy atom. The maximum atomic E-state index is 9.44. The maximum Gasteiger partial charge on any atom is 0.0664 e. The molecular formula is C12H16OS. The predicted octanol–water partition coefficient (Wildman–Crippen LogP) is 2.86. The Kier molecular flexibility index (Phi) is 5.42. The summed E-state index contributed by atoms with van der Waals surface area (Å²) < 4.78 is 0. The topological polar surface area (TPSA) is 20.2 Å². The molecule has 1 rings (SSSR count). The van der Waals surface area contributed by atoms with Gasteiger partial charge in [-0.1, -0.05) is 36.4 Å². The van der Waals surface area contributed by atoms with Crippen molar-refractivity contribution < 1.29 is 5.11 Å². The second-order valence-electron chi connectivity index (χ2n) is 3.18. The number of aliphatic hydroxyl groups is 1. The van der Waals surface area contributed by atoms with Gasteiger partial charge >= 0.3 is 0 Å². The van der Waals surface area contributed by atoms with Gasteiger partial charge in [0.2, 0.25) is 0 Å². The number of hydrogen-bond acceptors (Lipinski definition) is 2. The summed E-state index contributed by atoms with van der Waals surface area (Å²) in [7, 11) is 0. The zero-order valence-electron chi connectivity index (χ0n) is 8.23. The molecule has 0 aliphatic rings. The first-order valence-electron chi connectivity index (χ1n) is 4.73. The lowest BCUT2D eigenvalue weighted by Gasteiger charge is -2.06. The molecule has 2 heteroatoms. The molecule has 76 valence electrons. The summed E-state index contributed by atoms with van der Waals surface area (Å²) in [5.74, 6) is 1.75. The summed E-state index contributed by atoms with van der Waals surface area (Å²) in [6.45, 7) is 3.60. The van der Waals surface area contributed by atoms with Gasteiger partial charge in [0.1, 0.15) is 0 Å². The highest BCUT2D eigenvalue weighted by Gasteiger charge is 2.01. The number of benzene rings is 1. The largest absolute Gasteiger partial charge is 0.392 e. The second kappa shape index (κ2) is 6.68. The molecule has 0 amide bonds. The fourth-order valence-electron chi connectivity index (χ4n) is 1.15. The summed E-state index contributed by atoms with van der Waals surface area (Å²) in [5, 5.41) is 9.44. The van der Waals surface area contributed by atoms with E-state index in [1.54, 1.807) is 17.8 Å². The third kappa shape index (κ3) is 4.49. The molecule has 14 heavy (non-hydrogen) atoms. The molecule has 1 aromatic carbocycles. The average molecular weight is 208 g/mol. The molecule has 0 saturated carbocycles. The van der Waals surface area contributed by atoms with Crippen molar-refractivity contribution in [3.8, 4) is 0 Å². The van der Waals surface area contributed by atoms with E-state index >= 15 is 0 Å². The Morgan fingerprint density at radius 1 is 1.36 bits per heavy atom. The van der Waals surface area contributed by atoms with Crippen LogP contribution in [0.1, 0.15) is 12.0 Å². The quantitative estimate of drug-likeness (QED) is 0.725. The lowest BCUT2D eigenvalue weighted by atomic mass is 10.2. The number of hydrogen-bond donors (Lipinski definition) is 1. The SMILES string of the molecule is C=CC[C@@H](O)CSCc1ccccc1. The molecule has 0 heterocycles. The number of aliphatic hydroxyl groups excluding tert-OH is 1. The summed E-state index contributed by atoms with van der Waals surface area (Å²) in [6.07, 6.45) is 2.19. The van der Waals surface area contributed by atoms with Crippen molar-refractivity contribution in [1.29, 1.82) is 0 Å². The van der Waals surface area contributed by atoms with Crippen molar-refractivity contribution in [3.05, 3.63) is 48.6 Å². The summed E-state index contributed by atoms with van der Waals surface area (Å²) >= 11 is 1.76. The Bertz CT molecular complexity index is 258. The highest BCUT2D eigenvalue weighted by molar-refractivity contribution is 7.98. The lowest BCUT2D eigenvalue weighted by molar-refractivity contribution is 0.203. The van der Waals surface area contributed by atoms with Gasteiger partial charge in [-0.15, -0.1) is 6.58 Å². The minimum absolute atomic E-state index is 0.249. The minimum Gasteiger partial charge on any atom is -0.392 e. The third-order valence-corrected chi connectivity index (χ3v) is 3.02. The molecule has 0 fully saturated rings. The van der Waals surface area contributed by atoms with E-state index in [0.717, 1.165) is 11.5 Å². The summed E-state index contributed by atoms with van der Waals surface area (Å²) in [6, 6.07) is 10.3. The first-order valence-corrected chi connectivity index (χ1v) is 5.89. The van der Waals surface area contributed by atoms with E-state index in [2.05, 4.69) is 18.7 Å². The molecule has 0 aliphatic heterocycles. The predicted molar refractivity (Wildman–Crippen MR) is 63.4 cm³/mol. The summed E-state index contributed by atoms with van der Waals surface area (Å²) in [5.41, 5.74) is 1.31. The van der Waals surface area contributed by atoms with Gasteiger partial charge in [-0.2, -0.15) is 11.8 Å². The van der Waals surface area contributed by atoms with Gasteiger partial charge in [-0.05, 0) is 12.0 Å². The normalized spacial score (nSPS) is 12.4. The second-order valence-corrected chi connectivity index (χ2v) is 4.21. The molecule has 1 aromatic rings. The van der Waals surface area contributed by atoms with Crippen LogP contribution in [-0.4, -0.2) is 17.0 Å². The highest BCUT2D eigenvalue weighted by Crippen LogP contribution is 2.13. The zero-order valence-corrected chi connectivity index (χ0v) is 9.04. The fraction of sp³-hybridized carbons (Fsp3) is 0.333.